The number of pyridine rings is 1. The van der Waals surface area contributed by atoms with E-state index in [2.05, 4.69) is 9.72 Å². The van der Waals surface area contributed by atoms with Gasteiger partial charge in [-0.1, -0.05) is 0 Å². The van der Waals surface area contributed by atoms with Gasteiger partial charge in [-0.3, -0.25) is 9.78 Å². The molecular weight excluding hydrogens is 366 g/mol. The molecule has 0 aliphatic carbocycles. The Hall–Kier alpha value is -0.500. The van der Waals surface area contributed by atoms with Crippen molar-refractivity contribution in [1.82, 2.24) is 4.98 Å². The molecule has 0 aliphatic heterocycles. The highest BCUT2D eigenvalue weighted by Crippen LogP contribution is 2.28. The third-order valence-electron chi connectivity index (χ3n) is 2.14. The Labute approximate surface area is 116 Å². The van der Waals surface area contributed by atoms with Gasteiger partial charge < -0.3 is 4.74 Å². The number of halogens is 4. The Morgan fingerprint density at radius 3 is 2.76 bits per heavy atom. The van der Waals surface area contributed by atoms with Crippen LogP contribution in [-0.2, 0) is 21.8 Å². The second kappa shape index (κ2) is 6.44. The smallest absolute Gasteiger partial charge is 0.310 e. The maximum absolute atomic E-state index is 12.6. The van der Waals surface area contributed by atoms with Crippen LogP contribution in [0.2, 0.25) is 0 Å². The van der Waals surface area contributed by atoms with Crippen LogP contribution in [0.1, 0.15) is 23.2 Å². The Morgan fingerprint density at radius 1 is 1.65 bits per heavy atom. The predicted octanol–water partition coefficient (Wildman–Crippen LogP) is 3.08. The number of ether oxygens (including phenoxy) is 1. The Bertz CT molecular complexity index is 429. The average Bonchev–Trinajstić information content (AvgIpc) is 2.30. The minimum Gasteiger partial charge on any atom is -0.469 e. The molecule has 0 radical (unpaired) electrons. The molecule has 1 rings (SSSR count). The number of nitrogens with zero attached hydrogens (tertiary/aromatic N) is 1. The zero-order valence-electron chi connectivity index (χ0n) is 8.84. The van der Waals surface area contributed by atoms with E-state index < -0.39 is 12.4 Å². The summed E-state index contributed by atoms with van der Waals surface area (Å²) in [5.74, 6) is -0.389. The van der Waals surface area contributed by atoms with Gasteiger partial charge in [0.25, 0.3) is 6.43 Å². The molecule has 0 saturated carbocycles. The molecule has 1 aromatic rings. The monoisotopic (exact) mass is 375 g/mol. The van der Waals surface area contributed by atoms with E-state index in [1.165, 1.54) is 13.3 Å². The lowest BCUT2D eigenvalue weighted by Gasteiger charge is -2.11. The van der Waals surface area contributed by atoms with E-state index in [0.717, 1.165) is 0 Å². The third-order valence-corrected chi connectivity index (χ3v) is 3.63. The van der Waals surface area contributed by atoms with Crippen LogP contribution in [0.5, 0.6) is 0 Å². The van der Waals surface area contributed by atoms with Crippen molar-refractivity contribution in [2.24, 2.45) is 0 Å². The van der Waals surface area contributed by atoms with Gasteiger partial charge in [0.15, 0.2) is 0 Å². The van der Waals surface area contributed by atoms with Gasteiger partial charge in [0.05, 0.1) is 13.5 Å². The minimum atomic E-state index is -2.68. The van der Waals surface area contributed by atoms with Crippen LogP contribution < -0.4 is 0 Å². The van der Waals surface area contributed by atoms with Crippen LogP contribution in [0, 0.1) is 3.57 Å². The van der Waals surface area contributed by atoms with Gasteiger partial charge in [0.1, 0.15) is 5.69 Å². The Balaban J connectivity index is 3.22. The van der Waals surface area contributed by atoms with E-state index in [1.54, 1.807) is 22.6 Å². The van der Waals surface area contributed by atoms with Gasteiger partial charge >= 0.3 is 5.97 Å². The van der Waals surface area contributed by atoms with E-state index in [4.69, 9.17) is 11.6 Å². The summed E-state index contributed by atoms with van der Waals surface area (Å²) in [6, 6.07) is 0. The lowest BCUT2D eigenvalue weighted by molar-refractivity contribution is -0.139. The molecule has 0 fully saturated rings. The number of carbonyl (C=O) groups excluding carboxylic acids is 1. The maximum Gasteiger partial charge on any atom is 0.310 e. The summed E-state index contributed by atoms with van der Waals surface area (Å²) in [5.41, 5.74) is 0.682. The fraction of sp³-hybridized carbons (Fsp3) is 0.400. The fourth-order valence-electron chi connectivity index (χ4n) is 1.25. The number of esters is 1. The number of rotatable bonds is 4. The second-order valence-electron chi connectivity index (χ2n) is 3.15. The normalized spacial score (nSPS) is 10.7. The lowest BCUT2D eigenvalue weighted by Crippen LogP contribution is -2.11. The summed E-state index contributed by atoms with van der Waals surface area (Å²) in [6.45, 7) is 0. The van der Waals surface area contributed by atoms with Crippen molar-refractivity contribution >= 4 is 40.2 Å². The van der Waals surface area contributed by atoms with Gasteiger partial charge in [-0.05, 0) is 33.7 Å². The van der Waals surface area contributed by atoms with Gasteiger partial charge in [0.2, 0.25) is 0 Å². The van der Waals surface area contributed by atoms with Crippen molar-refractivity contribution in [1.29, 1.82) is 0 Å². The van der Waals surface area contributed by atoms with E-state index in [0.29, 0.717) is 11.1 Å². The number of carbonyl (C=O) groups is 1. The summed E-state index contributed by atoms with van der Waals surface area (Å²) in [6.07, 6.45) is -1.49. The van der Waals surface area contributed by atoms with Crippen LogP contribution >= 0.6 is 34.2 Å². The minimum absolute atomic E-state index is 0.0843. The molecule has 0 aliphatic rings. The molecule has 0 saturated heterocycles. The first-order valence-corrected chi connectivity index (χ1v) is 6.19. The fourth-order valence-corrected chi connectivity index (χ4v) is 2.39. The predicted molar refractivity (Wildman–Crippen MR) is 67.2 cm³/mol. The number of aromatic nitrogens is 1. The zero-order chi connectivity index (χ0) is 13.0. The molecule has 94 valence electrons. The molecule has 17 heavy (non-hydrogen) atoms. The SMILES string of the molecule is COC(=O)Cc1c(CCl)cnc(C(F)F)c1I. The maximum atomic E-state index is 12.6. The molecule has 0 bridgehead atoms. The zero-order valence-corrected chi connectivity index (χ0v) is 11.8. The second-order valence-corrected chi connectivity index (χ2v) is 4.49. The van der Waals surface area contributed by atoms with Crippen LogP contribution in [-0.4, -0.2) is 18.1 Å². The van der Waals surface area contributed by atoms with Crippen molar-refractivity contribution in [3.8, 4) is 0 Å². The van der Waals surface area contributed by atoms with Crippen LogP contribution in [0.3, 0.4) is 0 Å². The molecular formula is C10H9ClF2INO2. The molecule has 0 N–H and O–H groups in total. The highest BCUT2D eigenvalue weighted by Gasteiger charge is 2.20. The molecule has 1 aromatic heterocycles. The summed E-state index contributed by atoms with van der Waals surface area (Å²) >= 11 is 7.43. The molecule has 0 spiro atoms. The van der Waals surface area contributed by atoms with Crippen molar-refractivity contribution < 1.29 is 18.3 Å². The highest BCUT2D eigenvalue weighted by atomic mass is 127. The van der Waals surface area contributed by atoms with E-state index in [1.807, 2.05) is 0 Å². The quantitative estimate of drug-likeness (QED) is 0.461. The van der Waals surface area contributed by atoms with Crippen molar-refractivity contribution in [2.45, 2.75) is 18.7 Å². The van der Waals surface area contributed by atoms with Crippen LogP contribution in [0.4, 0.5) is 8.78 Å². The molecule has 0 unspecified atom stereocenters. The van der Waals surface area contributed by atoms with Crippen molar-refractivity contribution in [3.63, 3.8) is 0 Å². The van der Waals surface area contributed by atoms with E-state index in [-0.39, 0.29) is 21.6 Å². The van der Waals surface area contributed by atoms with Gasteiger partial charge in [-0.2, -0.15) is 0 Å². The van der Waals surface area contributed by atoms with Gasteiger partial charge in [-0.25, -0.2) is 8.78 Å². The molecule has 0 aromatic carbocycles. The lowest BCUT2D eigenvalue weighted by atomic mass is 10.1. The molecule has 1 heterocycles. The van der Waals surface area contributed by atoms with Crippen molar-refractivity contribution in [2.75, 3.05) is 7.11 Å². The van der Waals surface area contributed by atoms with Crippen LogP contribution in [0.15, 0.2) is 6.20 Å². The van der Waals surface area contributed by atoms with Crippen LogP contribution in [0.25, 0.3) is 0 Å². The number of methoxy groups -OCH3 is 1. The summed E-state index contributed by atoms with van der Waals surface area (Å²) in [5, 5.41) is 0. The van der Waals surface area contributed by atoms with Crippen molar-refractivity contribution in [3.05, 3.63) is 26.6 Å². The standard InChI is InChI=1S/C10H9ClF2INO2/c1-17-7(16)2-6-5(3-11)4-15-9(8(6)14)10(12)13/h4,10H,2-3H2,1H3. The third kappa shape index (κ3) is 3.48. The molecule has 3 nitrogen and oxygen atoms in total. The van der Waals surface area contributed by atoms with Gasteiger partial charge in [0, 0.05) is 15.6 Å². The number of alkyl halides is 3. The summed E-state index contributed by atoms with van der Waals surface area (Å²) in [4.78, 5) is 14.9. The first-order valence-electron chi connectivity index (χ1n) is 4.58. The summed E-state index contributed by atoms with van der Waals surface area (Å²) in [7, 11) is 1.24. The molecule has 0 amide bonds. The average molecular weight is 376 g/mol. The van der Waals surface area contributed by atoms with E-state index in [9.17, 15) is 13.6 Å². The first-order chi connectivity index (χ1) is 8.01. The molecule has 7 heteroatoms. The Morgan fingerprint density at radius 2 is 2.29 bits per heavy atom. The summed E-state index contributed by atoms with van der Waals surface area (Å²) < 4.78 is 30.1. The number of hydrogen-bond acceptors (Lipinski definition) is 3. The number of hydrogen-bond donors (Lipinski definition) is 0. The largest absolute Gasteiger partial charge is 0.469 e. The highest BCUT2D eigenvalue weighted by molar-refractivity contribution is 14.1. The van der Waals surface area contributed by atoms with Gasteiger partial charge in [-0.15, -0.1) is 11.6 Å². The topological polar surface area (TPSA) is 39.2 Å². The molecule has 0 atom stereocenters. The van der Waals surface area contributed by atoms with E-state index >= 15 is 0 Å². The first kappa shape index (κ1) is 14.6. The Kier molecular flexibility index (Phi) is 5.51.